The van der Waals surface area contributed by atoms with Crippen LogP contribution >= 0.6 is 0 Å². The van der Waals surface area contributed by atoms with Crippen molar-refractivity contribution in [2.75, 3.05) is 0 Å². The van der Waals surface area contributed by atoms with Crippen LogP contribution in [0.2, 0.25) is 0 Å². The van der Waals surface area contributed by atoms with Gasteiger partial charge in [0, 0.05) is 17.8 Å². The molecule has 3 atom stereocenters. The number of benzene rings is 1. The van der Waals surface area contributed by atoms with Crippen molar-refractivity contribution < 1.29 is 5.11 Å². The first-order valence-corrected chi connectivity index (χ1v) is 5.78. The number of aliphatic hydroxyl groups excluding tert-OH is 1. The molecule has 0 saturated heterocycles. The van der Waals surface area contributed by atoms with Crippen molar-refractivity contribution >= 4 is 10.8 Å². The molecule has 1 heterocycles. The first-order chi connectivity index (χ1) is 7.77. The van der Waals surface area contributed by atoms with E-state index >= 15 is 0 Å². The molecule has 2 heteroatoms. The number of nitrogens with zero attached hydrogens (tertiary/aromatic N) is 1. The summed E-state index contributed by atoms with van der Waals surface area (Å²) in [7, 11) is 0. The van der Waals surface area contributed by atoms with Crippen LogP contribution in [-0.2, 0) is 0 Å². The predicted molar refractivity (Wildman–Crippen MR) is 64.0 cm³/mol. The average Bonchev–Trinajstić information content (AvgIpc) is 3.05. The van der Waals surface area contributed by atoms with Crippen molar-refractivity contribution in [3.05, 3.63) is 42.2 Å². The molecule has 1 fully saturated rings. The van der Waals surface area contributed by atoms with Gasteiger partial charge in [-0.05, 0) is 35.3 Å². The second-order valence-electron chi connectivity index (χ2n) is 4.77. The third-order valence-corrected chi connectivity index (χ3v) is 3.61. The first-order valence-electron chi connectivity index (χ1n) is 5.78. The highest BCUT2D eigenvalue weighted by Gasteiger charge is 2.39. The predicted octanol–water partition coefficient (Wildman–Crippen LogP) is 2.92. The molecule has 1 aromatic heterocycles. The second kappa shape index (κ2) is 3.56. The van der Waals surface area contributed by atoms with Gasteiger partial charge < -0.3 is 5.11 Å². The van der Waals surface area contributed by atoms with E-state index in [9.17, 15) is 5.11 Å². The molecule has 0 bridgehead atoms. The number of rotatable bonds is 2. The van der Waals surface area contributed by atoms with Crippen molar-refractivity contribution in [1.82, 2.24) is 4.98 Å². The normalized spacial score (nSPS) is 25.6. The fraction of sp³-hybridized carbons (Fsp3) is 0.357. The number of pyridine rings is 1. The van der Waals surface area contributed by atoms with Gasteiger partial charge in [-0.1, -0.05) is 25.1 Å². The van der Waals surface area contributed by atoms with Crippen LogP contribution < -0.4 is 0 Å². The summed E-state index contributed by atoms with van der Waals surface area (Å²) in [5.74, 6) is 1.10. The van der Waals surface area contributed by atoms with Gasteiger partial charge in [0.25, 0.3) is 0 Å². The molecule has 3 unspecified atom stereocenters. The number of hydrogen-bond acceptors (Lipinski definition) is 2. The van der Waals surface area contributed by atoms with Crippen molar-refractivity contribution in [3.63, 3.8) is 0 Å². The van der Waals surface area contributed by atoms with Crippen LogP contribution in [0.4, 0.5) is 0 Å². The van der Waals surface area contributed by atoms with Gasteiger partial charge in [0.2, 0.25) is 0 Å². The van der Waals surface area contributed by atoms with Crippen LogP contribution in [0.5, 0.6) is 0 Å². The van der Waals surface area contributed by atoms with Crippen molar-refractivity contribution in [2.45, 2.75) is 19.4 Å². The molecular formula is C14H15NO. The van der Waals surface area contributed by atoms with Crippen molar-refractivity contribution in [3.8, 4) is 0 Å². The summed E-state index contributed by atoms with van der Waals surface area (Å²) in [6.45, 7) is 2.20. The molecule has 1 aliphatic rings. The third-order valence-electron chi connectivity index (χ3n) is 3.61. The van der Waals surface area contributed by atoms with Gasteiger partial charge in [-0.25, -0.2) is 0 Å². The van der Waals surface area contributed by atoms with E-state index in [1.165, 1.54) is 0 Å². The van der Waals surface area contributed by atoms with Crippen LogP contribution in [0.1, 0.15) is 25.0 Å². The summed E-state index contributed by atoms with van der Waals surface area (Å²) >= 11 is 0. The lowest BCUT2D eigenvalue weighted by Gasteiger charge is -2.13. The zero-order valence-electron chi connectivity index (χ0n) is 9.30. The van der Waals surface area contributed by atoms with Gasteiger partial charge in [-0.15, -0.1) is 0 Å². The average molecular weight is 213 g/mol. The molecule has 16 heavy (non-hydrogen) atoms. The smallest absolute Gasteiger partial charge is 0.0826 e. The van der Waals surface area contributed by atoms with Crippen molar-refractivity contribution in [1.29, 1.82) is 0 Å². The second-order valence-corrected chi connectivity index (χ2v) is 4.77. The maximum atomic E-state index is 10.3. The first kappa shape index (κ1) is 9.79. The number of aliphatic hydroxyl groups is 1. The Morgan fingerprint density at radius 1 is 1.38 bits per heavy atom. The zero-order valence-corrected chi connectivity index (χ0v) is 9.30. The summed E-state index contributed by atoms with van der Waals surface area (Å²) in [4.78, 5) is 4.11. The van der Waals surface area contributed by atoms with Gasteiger partial charge in [0.1, 0.15) is 0 Å². The van der Waals surface area contributed by atoms with Gasteiger partial charge in [-0.2, -0.15) is 0 Å². The Morgan fingerprint density at radius 3 is 2.94 bits per heavy atom. The summed E-state index contributed by atoms with van der Waals surface area (Å²) in [5.41, 5.74) is 1.05. The van der Waals surface area contributed by atoms with Crippen molar-refractivity contribution in [2.24, 2.45) is 11.8 Å². The maximum absolute atomic E-state index is 10.3. The van der Waals surface area contributed by atoms with E-state index in [-0.39, 0.29) is 6.10 Å². The number of hydrogen-bond donors (Lipinski definition) is 1. The molecule has 1 saturated carbocycles. The lowest BCUT2D eigenvalue weighted by atomic mass is 9.98. The quantitative estimate of drug-likeness (QED) is 0.832. The third kappa shape index (κ3) is 1.50. The molecule has 2 aromatic rings. The van der Waals surface area contributed by atoms with Crippen LogP contribution in [0.15, 0.2) is 36.7 Å². The minimum atomic E-state index is -0.318. The Labute approximate surface area is 94.9 Å². The van der Waals surface area contributed by atoms with E-state index in [2.05, 4.69) is 11.9 Å². The molecule has 3 rings (SSSR count). The SMILES string of the molecule is CC1CC1C(O)c1cccc2cnccc12. The fourth-order valence-electron chi connectivity index (χ4n) is 2.43. The van der Waals surface area contributed by atoms with Crippen LogP contribution in [-0.4, -0.2) is 10.1 Å². The van der Waals surface area contributed by atoms with Crippen LogP contribution in [0, 0.1) is 11.8 Å². The molecule has 1 N–H and O–H groups in total. The van der Waals surface area contributed by atoms with Gasteiger partial charge in [0.05, 0.1) is 6.10 Å². The highest BCUT2D eigenvalue weighted by Crippen LogP contribution is 2.47. The summed E-state index contributed by atoms with van der Waals surface area (Å²) in [5, 5.41) is 12.5. The topological polar surface area (TPSA) is 33.1 Å². The fourth-order valence-corrected chi connectivity index (χ4v) is 2.43. The Morgan fingerprint density at radius 2 is 2.19 bits per heavy atom. The van der Waals surface area contributed by atoms with E-state index < -0.39 is 0 Å². The number of fused-ring (bicyclic) bond motifs is 1. The monoisotopic (exact) mass is 213 g/mol. The summed E-state index contributed by atoms with van der Waals surface area (Å²) in [6, 6.07) is 8.05. The largest absolute Gasteiger partial charge is 0.388 e. The Kier molecular flexibility index (Phi) is 2.18. The Bertz CT molecular complexity index is 518. The van der Waals surface area contributed by atoms with Crippen LogP contribution in [0.25, 0.3) is 10.8 Å². The lowest BCUT2D eigenvalue weighted by Crippen LogP contribution is -2.01. The highest BCUT2D eigenvalue weighted by molar-refractivity contribution is 5.85. The molecule has 0 amide bonds. The minimum absolute atomic E-state index is 0.318. The standard InChI is InChI=1S/C14H15NO/c1-9-7-13(9)14(16)12-4-2-3-10-8-15-6-5-11(10)12/h2-6,8-9,13-14,16H,7H2,1H3. The molecule has 0 aliphatic heterocycles. The van der Waals surface area contributed by atoms with E-state index in [1.807, 2.05) is 30.5 Å². The van der Waals surface area contributed by atoms with Crippen LogP contribution in [0.3, 0.4) is 0 Å². The molecule has 0 spiro atoms. The lowest BCUT2D eigenvalue weighted by molar-refractivity contribution is 0.149. The highest BCUT2D eigenvalue weighted by atomic mass is 16.3. The van der Waals surface area contributed by atoms with E-state index in [1.54, 1.807) is 6.20 Å². The van der Waals surface area contributed by atoms with E-state index in [0.29, 0.717) is 11.8 Å². The molecule has 1 aliphatic carbocycles. The molecule has 82 valence electrons. The van der Waals surface area contributed by atoms with Gasteiger partial charge in [0.15, 0.2) is 0 Å². The number of aromatic nitrogens is 1. The molecule has 1 aromatic carbocycles. The van der Waals surface area contributed by atoms with Gasteiger partial charge in [-0.3, -0.25) is 4.98 Å². The van der Waals surface area contributed by atoms with Gasteiger partial charge >= 0.3 is 0 Å². The molecule has 0 radical (unpaired) electrons. The Hall–Kier alpha value is -1.41. The van der Waals surface area contributed by atoms with E-state index in [4.69, 9.17) is 0 Å². The molecule has 2 nitrogen and oxygen atoms in total. The zero-order chi connectivity index (χ0) is 11.1. The summed E-state index contributed by atoms with van der Waals surface area (Å²) < 4.78 is 0. The minimum Gasteiger partial charge on any atom is -0.388 e. The Balaban J connectivity index is 2.09. The van der Waals surface area contributed by atoms with E-state index in [0.717, 1.165) is 22.8 Å². The summed E-state index contributed by atoms with van der Waals surface area (Å²) in [6.07, 6.45) is 4.46. The molecular weight excluding hydrogens is 198 g/mol. The maximum Gasteiger partial charge on any atom is 0.0826 e.